The Balaban J connectivity index is -0.000000118. The lowest BCUT2D eigenvalue weighted by molar-refractivity contribution is -0.120. The number of alkyl halides is 2. The number of aliphatic hydroxyl groups excluding tert-OH is 1. The van der Waals surface area contributed by atoms with Crippen molar-refractivity contribution < 1.29 is 60.1 Å². The summed E-state index contributed by atoms with van der Waals surface area (Å²) in [7, 11) is -0.507. The van der Waals surface area contributed by atoms with Gasteiger partial charge >= 0.3 is 19.2 Å². The third-order valence-electron chi connectivity index (χ3n) is 7.45. The van der Waals surface area contributed by atoms with Gasteiger partial charge in [0.05, 0.1) is 58.3 Å². The molecule has 3 aliphatic rings. The Morgan fingerprint density at radius 3 is 1.67 bits per heavy atom. The SMILES string of the molecule is C=C(CCl)CCl.C=C(OC(C)(C)C)N1CCOCC(NNC(C)=O)C1.C=C1COCCN(C(=O)OC(C)(C)C)C1.CB(O)NCCO.CC(C)(C)OC(=O)N1CCOCC(NN)C1.CCC.[HH].[HH].[HH].[HH].[HH]. The molecule has 0 spiro atoms. The zero-order valence-electron chi connectivity index (χ0n) is 42.6. The van der Waals surface area contributed by atoms with E-state index in [1.807, 2.05) is 67.2 Å². The standard InChI is InChI=1S/C13H25N3O3.C11H19NO3.C10H21N3O3.C4H6Cl2.C3H10BNO2.C3H8.5H2/c1-10(17)14-15-12-8-16(6-7-18-9-12)11(2)19-13(3,4)5;1-9-7-12(5-6-14-8-9)10(13)15-11(2,3)4;1-10(2,3)16-9(14)13-4-5-15-7-8(6-13)12-11;1-4(2-5)3-6;1-4(7)5-2-3-6;1-3-2;;;;;/h12,15H,2,6-9H2,1,3-5H3,(H,14,17);1,5-8H2,2-4H3;8,12H,4-7,11H2,1-3H3;1-3H2;5-7H,2-3H2,1H3;3H2,1-2H3;5*1H. The molecule has 3 heterocycles. The minimum Gasteiger partial charge on any atom is -0.474 e. The number of nitrogens with one attached hydrogen (secondary N) is 4. The van der Waals surface area contributed by atoms with Crippen molar-refractivity contribution in [2.24, 2.45) is 5.84 Å². The van der Waals surface area contributed by atoms with Crippen LogP contribution in [0, 0.1) is 0 Å². The van der Waals surface area contributed by atoms with Crippen LogP contribution in [0.4, 0.5) is 9.59 Å². The van der Waals surface area contributed by atoms with Crippen LogP contribution in [0.1, 0.15) is 96.6 Å². The molecule has 3 aliphatic heterocycles. The van der Waals surface area contributed by atoms with Gasteiger partial charge in [-0.05, 0) is 86.9 Å². The summed E-state index contributed by atoms with van der Waals surface area (Å²) in [4.78, 5) is 39.7. The molecule has 0 saturated carbocycles. The molecule has 0 aromatic carbocycles. The number of nitrogens with two attached hydrogens (primary N) is 1. The number of hydrogen-bond donors (Lipinski definition) is 7. The zero-order chi connectivity index (χ0) is 51.5. The Bertz CT molecular complexity index is 1370. The van der Waals surface area contributed by atoms with Crippen molar-refractivity contribution >= 4 is 48.3 Å². The van der Waals surface area contributed by atoms with Crippen LogP contribution in [0.2, 0.25) is 6.82 Å². The first kappa shape index (κ1) is 67.4. The quantitative estimate of drug-likeness (QED) is 0.0340. The summed E-state index contributed by atoms with van der Waals surface area (Å²) in [6.07, 6.45) is 0.632. The number of carbonyl (C=O) groups is 3. The molecular formula is C44H99BCl2N8O11. The molecule has 0 radical (unpaired) electrons. The Hall–Kier alpha value is -2.89. The molecule has 3 amide bonds. The summed E-state index contributed by atoms with van der Waals surface area (Å²) in [6, 6.07) is -0.0401. The lowest BCUT2D eigenvalue weighted by Gasteiger charge is -2.32. The minimum absolute atomic E-state index is 0. The summed E-state index contributed by atoms with van der Waals surface area (Å²) in [6.45, 7) is 43.0. The number of hydrogen-bond acceptors (Lipinski definition) is 16. The van der Waals surface area contributed by atoms with Crippen LogP contribution < -0.4 is 27.3 Å². The van der Waals surface area contributed by atoms with E-state index in [1.54, 1.807) is 16.6 Å². The normalized spacial score (nSPS) is 17.7. The summed E-state index contributed by atoms with van der Waals surface area (Å²) < 4.78 is 32.4. The fourth-order valence-corrected chi connectivity index (χ4v) is 5.01. The van der Waals surface area contributed by atoms with Gasteiger partial charge in [-0.25, -0.2) is 15.0 Å². The fraction of sp³-hybridized carbons (Fsp3) is 0.795. The van der Waals surface area contributed by atoms with E-state index in [1.165, 1.54) is 13.3 Å². The van der Waals surface area contributed by atoms with Crippen molar-refractivity contribution in [1.82, 2.24) is 36.2 Å². The maximum atomic E-state index is 11.8. The smallest absolute Gasteiger partial charge is 0.410 e. The number of aliphatic hydroxyl groups is 1. The second kappa shape index (κ2) is 38.0. The van der Waals surface area contributed by atoms with Gasteiger partial charge in [0.2, 0.25) is 5.91 Å². The summed E-state index contributed by atoms with van der Waals surface area (Å²) in [5, 5.41) is 19.2. The molecule has 2 atom stereocenters. The molecule has 0 bridgehead atoms. The molecule has 398 valence electrons. The van der Waals surface area contributed by atoms with Crippen molar-refractivity contribution in [3.8, 4) is 0 Å². The number of rotatable bonds is 10. The molecule has 8 N–H and O–H groups in total. The fourth-order valence-electron chi connectivity index (χ4n) is 4.73. The summed E-state index contributed by atoms with van der Waals surface area (Å²) >= 11 is 10.5. The summed E-state index contributed by atoms with van der Waals surface area (Å²) in [5.74, 6) is 6.81. The third-order valence-corrected chi connectivity index (χ3v) is 8.21. The molecule has 3 saturated heterocycles. The number of allylic oxidation sites excluding steroid dienone is 1. The van der Waals surface area contributed by atoms with Crippen molar-refractivity contribution in [2.75, 3.05) is 104 Å². The predicted octanol–water partition coefficient (Wildman–Crippen LogP) is 5.85. The van der Waals surface area contributed by atoms with E-state index in [0.717, 1.165) is 17.7 Å². The maximum absolute atomic E-state index is 11.8. The van der Waals surface area contributed by atoms with Crippen LogP contribution in [-0.4, -0.2) is 183 Å². The van der Waals surface area contributed by atoms with E-state index in [-0.39, 0.29) is 49.5 Å². The molecule has 22 heteroatoms. The highest BCUT2D eigenvalue weighted by Crippen LogP contribution is 2.17. The average molecular weight is 998 g/mol. The Morgan fingerprint density at radius 2 is 1.26 bits per heavy atom. The monoisotopic (exact) mass is 997 g/mol. The van der Waals surface area contributed by atoms with Gasteiger partial charge in [-0.3, -0.25) is 21.5 Å². The first-order chi connectivity index (χ1) is 30.6. The van der Waals surface area contributed by atoms with E-state index in [4.69, 9.17) is 67.6 Å². The van der Waals surface area contributed by atoms with Gasteiger partial charge in [-0.2, -0.15) is 0 Å². The van der Waals surface area contributed by atoms with Gasteiger partial charge in [-0.15, -0.1) is 23.2 Å². The first-order valence-electron chi connectivity index (χ1n) is 22.4. The van der Waals surface area contributed by atoms with Crippen molar-refractivity contribution in [2.45, 2.75) is 125 Å². The number of ether oxygens (including phenoxy) is 6. The third kappa shape index (κ3) is 42.5. The van der Waals surface area contributed by atoms with Gasteiger partial charge in [-0.1, -0.05) is 33.4 Å². The average Bonchev–Trinajstić information content (AvgIpc) is 3.70. The topological polar surface area (TPSA) is 231 Å². The number of carbonyl (C=O) groups excluding carboxylic acids is 3. The Kier molecular flexibility index (Phi) is 38.8. The first-order valence-corrected chi connectivity index (χ1v) is 23.4. The van der Waals surface area contributed by atoms with E-state index < -0.39 is 18.3 Å². The van der Waals surface area contributed by atoms with Gasteiger partial charge in [0.15, 0.2) is 5.88 Å². The molecule has 2 unspecified atom stereocenters. The molecule has 0 aromatic heterocycles. The predicted molar refractivity (Wildman–Crippen MR) is 277 cm³/mol. The van der Waals surface area contributed by atoms with Crippen LogP contribution in [0.3, 0.4) is 0 Å². The molecule has 0 aliphatic carbocycles. The Morgan fingerprint density at radius 1 is 0.818 bits per heavy atom. The summed E-state index contributed by atoms with van der Waals surface area (Å²) in [5.41, 5.74) is 8.72. The second-order valence-electron chi connectivity index (χ2n) is 18.3. The van der Waals surface area contributed by atoms with E-state index in [2.05, 4.69) is 55.1 Å². The lowest BCUT2D eigenvalue weighted by Crippen LogP contribution is -2.50. The number of amides is 3. The van der Waals surface area contributed by atoms with E-state index in [9.17, 15) is 14.4 Å². The molecular weight excluding hydrogens is 898 g/mol. The minimum atomic E-state index is -0.507. The van der Waals surface area contributed by atoms with Crippen molar-refractivity contribution in [1.29, 1.82) is 0 Å². The lowest BCUT2D eigenvalue weighted by atomic mass is 9.89. The number of hydrazine groups is 2. The van der Waals surface area contributed by atoms with Gasteiger partial charge < -0.3 is 58.5 Å². The zero-order valence-corrected chi connectivity index (χ0v) is 44.1. The van der Waals surface area contributed by atoms with Crippen LogP contribution in [0.15, 0.2) is 36.8 Å². The Labute approximate surface area is 415 Å². The molecule has 66 heavy (non-hydrogen) atoms. The number of halogens is 2. The second-order valence-corrected chi connectivity index (χ2v) is 18.8. The molecule has 19 nitrogen and oxygen atoms in total. The highest BCUT2D eigenvalue weighted by Gasteiger charge is 2.27. The van der Waals surface area contributed by atoms with Crippen LogP contribution >= 0.6 is 23.2 Å². The van der Waals surface area contributed by atoms with Gasteiger partial charge in [0.25, 0.3) is 0 Å². The highest BCUT2D eigenvalue weighted by molar-refractivity contribution is 6.45. The van der Waals surface area contributed by atoms with Crippen LogP contribution in [0.5, 0.6) is 0 Å². The van der Waals surface area contributed by atoms with Gasteiger partial charge in [0, 0.05) is 71.6 Å². The molecule has 3 fully saturated rings. The highest BCUT2D eigenvalue weighted by atomic mass is 35.5. The number of nitrogens with zero attached hydrogens (tertiary/aromatic N) is 3. The van der Waals surface area contributed by atoms with Crippen LogP contribution in [0.25, 0.3) is 0 Å². The van der Waals surface area contributed by atoms with Gasteiger partial charge in [0.1, 0.15) is 16.8 Å². The van der Waals surface area contributed by atoms with Crippen molar-refractivity contribution in [3.05, 3.63) is 36.8 Å². The van der Waals surface area contributed by atoms with E-state index in [0.29, 0.717) is 96.6 Å². The van der Waals surface area contributed by atoms with E-state index >= 15 is 0 Å². The maximum Gasteiger partial charge on any atom is 0.410 e. The van der Waals surface area contributed by atoms with Crippen molar-refractivity contribution in [3.63, 3.8) is 0 Å². The molecule has 3 rings (SSSR count). The largest absolute Gasteiger partial charge is 0.474 e. The molecule has 0 aromatic rings. The van der Waals surface area contributed by atoms with Crippen LogP contribution in [-0.2, 0) is 33.2 Å².